The molecule has 2 aromatic heterocycles. The average molecular weight is 406 g/mol. The summed E-state index contributed by atoms with van der Waals surface area (Å²) in [7, 11) is 0. The lowest BCUT2D eigenvalue weighted by molar-refractivity contribution is -0.135. The van der Waals surface area contributed by atoms with E-state index in [1.54, 1.807) is 21.8 Å². The molecule has 156 valence electrons. The smallest absolute Gasteiger partial charge is 0.339 e. The van der Waals surface area contributed by atoms with Gasteiger partial charge in [0.2, 0.25) is 0 Å². The van der Waals surface area contributed by atoms with Gasteiger partial charge in [-0.1, -0.05) is 30.3 Å². The Kier molecular flexibility index (Phi) is 5.79. The summed E-state index contributed by atoms with van der Waals surface area (Å²) >= 11 is 0. The molecule has 1 aromatic carbocycles. The Hall–Kier alpha value is -3.22. The summed E-state index contributed by atoms with van der Waals surface area (Å²) in [4.78, 5) is 31.9. The van der Waals surface area contributed by atoms with Gasteiger partial charge >= 0.3 is 5.97 Å². The standard InChI is InChI=1S/C23H26N4O3/c1-16(2)27-22-19(14-24-27)18(13-20(25-22)17-9-5-3-6-10-17)23(29)30-15-21(28)26-11-7-4-8-12-26/h3,5-6,9-10,13-14,16H,4,7-8,11-12,15H2,1-2H3. The van der Waals surface area contributed by atoms with E-state index in [1.807, 2.05) is 44.2 Å². The molecular weight excluding hydrogens is 380 g/mol. The number of ether oxygens (including phenoxy) is 1. The van der Waals surface area contributed by atoms with Crippen molar-refractivity contribution in [3.63, 3.8) is 0 Å². The number of carbonyl (C=O) groups is 2. The minimum absolute atomic E-state index is 0.0885. The van der Waals surface area contributed by atoms with Crippen molar-refractivity contribution < 1.29 is 14.3 Å². The molecule has 0 aliphatic carbocycles. The van der Waals surface area contributed by atoms with Gasteiger partial charge in [-0.25, -0.2) is 14.5 Å². The van der Waals surface area contributed by atoms with Crippen molar-refractivity contribution >= 4 is 22.9 Å². The summed E-state index contributed by atoms with van der Waals surface area (Å²) < 4.78 is 7.21. The zero-order chi connectivity index (χ0) is 21.1. The van der Waals surface area contributed by atoms with Crippen LogP contribution in [0.1, 0.15) is 49.5 Å². The van der Waals surface area contributed by atoms with Crippen LogP contribution in [0.25, 0.3) is 22.3 Å². The van der Waals surface area contributed by atoms with Gasteiger partial charge in [0.1, 0.15) is 0 Å². The van der Waals surface area contributed by atoms with Crippen LogP contribution in [0.5, 0.6) is 0 Å². The number of pyridine rings is 1. The fourth-order valence-corrected chi connectivity index (χ4v) is 3.76. The third-order valence-corrected chi connectivity index (χ3v) is 5.38. The SMILES string of the molecule is CC(C)n1ncc2c(C(=O)OCC(=O)N3CCCCC3)cc(-c3ccccc3)nc21. The highest BCUT2D eigenvalue weighted by molar-refractivity contribution is 6.04. The molecule has 0 saturated carbocycles. The lowest BCUT2D eigenvalue weighted by Crippen LogP contribution is -2.38. The number of aromatic nitrogens is 3. The maximum atomic E-state index is 13.0. The molecule has 3 aromatic rings. The molecule has 0 radical (unpaired) electrons. The van der Waals surface area contributed by atoms with Crippen molar-refractivity contribution in [2.24, 2.45) is 0 Å². The van der Waals surface area contributed by atoms with Gasteiger partial charge in [-0.2, -0.15) is 5.10 Å². The summed E-state index contributed by atoms with van der Waals surface area (Å²) in [6.07, 6.45) is 4.78. The predicted octanol–water partition coefficient (Wildman–Crippen LogP) is 3.85. The number of likely N-dealkylation sites (tertiary alicyclic amines) is 1. The average Bonchev–Trinajstić information content (AvgIpc) is 3.22. The maximum absolute atomic E-state index is 13.0. The maximum Gasteiger partial charge on any atom is 0.339 e. The molecule has 0 spiro atoms. The molecular formula is C23H26N4O3. The van der Waals surface area contributed by atoms with E-state index < -0.39 is 5.97 Å². The lowest BCUT2D eigenvalue weighted by atomic mass is 10.1. The number of amides is 1. The Morgan fingerprint density at radius 3 is 2.53 bits per heavy atom. The van der Waals surface area contributed by atoms with Crippen molar-refractivity contribution in [3.05, 3.63) is 48.2 Å². The van der Waals surface area contributed by atoms with Crippen LogP contribution in [0.15, 0.2) is 42.6 Å². The zero-order valence-electron chi connectivity index (χ0n) is 17.4. The summed E-state index contributed by atoms with van der Waals surface area (Å²) in [5.74, 6) is -0.678. The van der Waals surface area contributed by atoms with Gasteiger partial charge in [-0.05, 0) is 39.2 Å². The second kappa shape index (κ2) is 8.65. The molecule has 1 fully saturated rings. The van der Waals surface area contributed by atoms with Gasteiger partial charge in [0.05, 0.1) is 22.8 Å². The van der Waals surface area contributed by atoms with Crippen LogP contribution in [0.2, 0.25) is 0 Å². The first-order valence-corrected chi connectivity index (χ1v) is 10.4. The Bertz CT molecular complexity index is 1050. The second-order valence-corrected chi connectivity index (χ2v) is 7.86. The minimum Gasteiger partial charge on any atom is -0.452 e. The Balaban J connectivity index is 1.64. The van der Waals surface area contributed by atoms with E-state index >= 15 is 0 Å². The van der Waals surface area contributed by atoms with Crippen molar-refractivity contribution in [3.8, 4) is 11.3 Å². The van der Waals surface area contributed by atoms with Crippen LogP contribution in [0.4, 0.5) is 0 Å². The largest absolute Gasteiger partial charge is 0.452 e. The molecule has 0 N–H and O–H groups in total. The molecule has 1 amide bonds. The highest BCUT2D eigenvalue weighted by atomic mass is 16.5. The molecule has 30 heavy (non-hydrogen) atoms. The molecule has 7 heteroatoms. The predicted molar refractivity (Wildman–Crippen MR) is 114 cm³/mol. The van der Waals surface area contributed by atoms with E-state index in [2.05, 4.69) is 5.10 Å². The van der Waals surface area contributed by atoms with Gasteiger partial charge < -0.3 is 9.64 Å². The van der Waals surface area contributed by atoms with Crippen molar-refractivity contribution in [2.45, 2.75) is 39.2 Å². The molecule has 0 unspecified atom stereocenters. The van der Waals surface area contributed by atoms with Gasteiger partial charge in [0, 0.05) is 24.7 Å². The second-order valence-electron chi connectivity index (χ2n) is 7.86. The third-order valence-electron chi connectivity index (χ3n) is 5.38. The van der Waals surface area contributed by atoms with E-state index in [4.69, 9.17) is 9.72 Å². The number of benzene rings is 1. The number of hydrogen-bond donors (Lipinski definition) is 0. The molecule has 0 bridgehead atoms. The van der Waals surface area contributed by atoms with E-state index in [0.717, 1.165) is 37.9 Å². The highest BCUT2D eigenvalue weighted by Gasteiger charge is 2.22. The van der Waals surface area contributed by atoms with Crippen LogP contribution in [-0.2, 0) is 9.53 Å². The molecule has 1 saturated heterocycles. The number of rotatable bonds is 5. The molecule has 1 aliphatic heterocycles. The number of carbonyl (C=O) groups excluding carboxylic acids is 2. The summed E-state index contributed by atoms with van der Waals surface area (Å²) in [5, 5.41) is 5.04. The number of hydrogen-bond acceptors (Lipinski definition) is 5. The summed E-state index contributed by atoms with van der Waals surface area (Å²) in [6, 6.07) is 11.5. The molecule has 3 heterocycles. The van der Waals surface area contributed by atoms with Gasteiger partial charge in [-0.15, -0.1) is 0 Å². The van der Waals surface area contributed by atoms with Crippen LogP contribution in [-0.4, -0.2) is 51.2 Å². The first-order valence-electron chi connectivity index (χ1n) is 10.4. The number of nitrogens with zero attached hydrogens (tertiary/aromatic N) is 4. The van der Waals surface area contributed by atoms with Gasteiger partial charge in [-0.3, -0.25) is 4.79 Å². The first-order chi connectivity index (χ1) is 14.5. The zero-order valence-corrected chi connectivity index (χ0v) is 17.4. The summed E-state index contributed by atoms with van der Waals surface area (Å²) in [6.45, 7) is 5.24. The third kappa shape index (κ3) is 4.06. The molecule has 0 atom stereocenters. The van der Waals surface area contributed by atoms with Crippen LogP contribution in [0, 0.1) is 0 Å². The van der Waals surface area contributed by atoms with E-state index in [-0.39, 0.29) is 18.6 Å². The number of esters is 1. The van der Waals surface area contributed by atoms with Gasteiger partial charge in [0.25, 0.3) is 5.91 Å². The fourth-order valence-electron chi connectivity index (χ4n) is 3.76. The quantitative estimate of drug-likeness (QED) is 0.602. The van der Waals surface area contributed by atoms with Crippen LogP contribution >= 0.6 is 0 Å². The number of fused-ring (bicyclic) bond motifs is 1. The lowest BCUT2D eigenvalue weighted by Gasteiger charge is -2.26. The topological polar surface area (TPSA) is 77.3 Å². The monoisotopic (exact) mass is 406 g/mol. The van der Waals surface area contributed by atoms with Crippen molar-refractivity contribution in [2.75, 3.05) is 19.7 Å². The highest BCUT2D eigenvalue weighted by Crippen LogP contribution is 2.27. The molecule has 7 nitrogen and oxygen atoms in total. The Morgan fingerprint density at radius 2 is 1.83 bits per heavy atom. The molecule has 4 rings (SSSR count). The minimum atomic E-state index is -0.534. The van der Waals surface area contributed by atoms with E-state index in [1.165, 1.54) is 0 Å². The first kappa shape index (κ1) is 20.1. The van der Waals surface area contributed by atoms with E-state index in [9.17, 15) is 9.59 Å². The fraction of sp³-hybridized carbons (Fsp3) is 0.391. The summed E-state index contributed by atoms with van der Waals surface area (Å²) in [5.41, 5.74) is 2.56. The van der Waals surface area contributed by atoms with E-state index in [0.29, 0.717) is 22.3 Å². The van der Waals surface area contributed by atoms with Crippen molar-refractivity contribution in [1.82, 2.24) is 19.7 Å². The van der Waals surface area contributed by atoms with Crippen LogP contribution < -0.4 is 0 Å². The Labute approximate surface area is 175 Å². The van der Waals surface area contributed by atoms with Crippen molar-refractivity contribution in [1.29, 1.82) is 0 Å². The molecule has 1 aliphatic rings. The van der Waals surface area contributed by atoms with Crippen LogP contribution in [0.3, 0.4) is 0 Å². The number of piperidine rings is 1. The normalized spacial score (nSPS) is 14.3. The van der Waals surface area contributed by atoms with Gasteiger partial charge in [0.15, 0.2) is 12.3 Å². The Morgan fingerprint density at radius 1 is 1.10 bits per heavy atom.